The minimum Gasteiger partial charge on any atom is -0.348 e. The van der Waals surface area contributed by atoms with Crippen LogP contribution >= 0.6 is 0 Å². The molecule has 1 aromatic carbocycles. The third-order valence-corrected chi connectivity index (χ3v) is 2.53. The van der Waals surface area contributed by atoms with Crippen molar-refractivity contribution in [3.8, 4) is 0 Å². The van der Waals surface area contributed by atoms with Gasteiger partial charge in [-0.25, -0.2) is 18.2 Å². The number of halogens is 3. The van der Waals surface area contributed by atoms with Crippen molar-refractivity contribution >= 4 is 5.91 Å². The van der Waals surface area contributed by atoms with E-state index in [9.17, 15) is 18.0 Å². The summed E-state index contributed by atoms with van der Waals surface area (Å²) in [7, 11) is 1.68. The number of aryl methyl sites for hydroxylation is 1. The van der Waals surface area contributed by atoms with Gasteiger partial charge in [0.1, 0.15) is 12.1 Å². The lowest BCUT2D eigenvalue weighted by molar-refractivity contribution is -0.120. The summed E-state index contributed by atoms with van der Waals surface area (Å²) in [4.78, 5) is 15.5. The molecule has 0 fully saturated rings. The highest BCUT2D eigenvalue weighted by Crippen LogP contribution is 2.14. The van der Waals surface area contributed by atoms with Crippen LogP contribution in [0.3, 0.4) is 0 Å². The number of nitrogens with one attached hydrogen (secondary N) is 1. The van der Waals surface area contributed by atoms with Crippen LogP contribution in [0.5, 0.6) is 0 Å². The van der Waals surface area contributed by atoms with E-state index in [1.165, 1.54) is 11.0 Å². The quantitative estimate of drug-likeness (QED) is 0.855. The number of rotatable bonds is 4. The smallest absolute Gasteiger partial charge is 0.224 e. The van der Waals surface area contributed by atoms with E-state index in [1.807, 2.05) is 0 Å². The molecule has 0 aliphatic heterocycles. The second-order valence-corrected chi connectivity index (χ2v) is 4.15. The van der Waals surface area contributed by atoms with Crippen molar-refractivity contribution in [2.24, 2.45) is 7.05 Å². The van der Waals surface area contributed by atoms with Crippen LogP contribution in [0, 0.1) is 17.5 Å². The lowest BCUT2D eigenvalue weighted by Crippen LogP contribution is -2.25. The highest BCUT2D eigenvalue weighted by atomic mass is 19.2. The molecule has 5 nitrogen and oxygen atoms in total. The minimum atomic E-state index is -1.29. The lowest BCUT2D eigenvalue weighted by atomic mass is 10.1. The third-order valence-electron chi connectivity index (χ3n) is 2.53. The largest absolute Gasteiger partial charge is 0.348 e. The summed E-state index contributed by atoms with van der Waals surface area (Å²) in [5, 5.41) is 6.40. The third kappa shape index (κ3) is 3.34. The van der Waals surface area contributed by atoms with Crippen LogP contribution in [-0.4, -0.2) is 20.7 Å². The van der Waals surface area contributed by atoms with Gasteiger partial charge in [-0.3, -0.25) is 9.48 Å². The first-order valence-corrected chi connectivity index (χ1v) is 5.70. The van der Waals surface area contributed by atoms with Gasteiger partial charge < -0.3 is 5.32 Å². The Labute approximate surface area is 112 Å². The van der Waals surface area contributed by atoms with Crippen LogP contribution in [0.25, 0.3) is 0 Å². The van der Waals surface area contributed by atoms with Gasteiger partial charge in [-0.1, -0.05) is 0 Å². The molecule has 1 N–H and O–H groups in total. The Kier molecular flexibility index (Phi) is 4.02. The normalized spacial score (nSPS) is 10.6. The van der Waals surface area contributed by atoms with Gasteiger partial charge in [0.05, 0.1) is 13.0 Å². The van der Waals surface area contributed by atoms with Gasteiger partial charge in [-0.2, -0.15) is 5.10 Å². The van der Waals surface area contributed by atoms with E-state index in [0.717, 1.165) is 0 Å². The molecule has 1 heterocycles. The predicted octanol–water partition coefficient (Wildman–Crippen LogP) is 1.09. The van der Waals surface area contributed by atoms with E-state index < -0.39 is 29.8 Å². The van der Waals surface area contributed by atoms with Crippen LogP contribution in [0.15, 0.2) is 18.5 Å². The molecular weight excluding hydrogens is 273 g/mol. The van der Waals surface area contributed by atoms with Gasteiger partial charge in [0.25, 0.3) is 0 Å². The summed E-state index contributed by atoms with van der Waals surface area (Å²) in [6.45, 7) is 0.0744. The second-order valence-electron chi connectivity index (χ2n) is 4.15. The van der Waals surface area contributed by atoms with Gasteiger partial charge >= 0.3 is 0 Å². The molecule has 0 saturated carbocycles. The number of benzene rings is 1. The minimum absolute atomic E-state index is 0.0744. The highest BCUT2D eigenvalue weighted by molar-refractivity contribution is 5.78. The van der Waals surface area contributed by atoms with Crippen molar-refractivity contribution in [3.05, 3.63) is 47.3 Å². The van der Waals surface area contributed by atoms with Crippen molar-refractivity contribution in [1.29, 1.82) is 0 Å². The molecule has 0 spiro atoms. The molecule has 1 aromatic heterocycles. The number of carbonyl (C=O) groups excluding carboxylic acids is 1. The van der Waals surface area contributed by atoms with Crippen molar-refractivity contribution < 1.29 is 18.0 Å². The molecule has 0 bridgehead atoms. The molecule has 2 aromatic rings. The molecule has 0 unspecified atom stereocenters. The fourth-order valence-corrected chi connectivity index (χ4v) is 1.58. The van der Waals surface area contributed by atoms with E-state index in [1.54, 1.807) is 7.05 Å². The summed E-state index contributed by atoms with van der Waals surface area (Å²) < 4.78 is 40.5. The fraction of sp³-hybridized carbons (Fsp3) is 0.250. The number of hydrogen-bond acceptors (Lipinski definition) is 3. The molecular formula is C12H11F3N4O. The summed E-state index contributed by atoms with van der Waals surface area (Å²) in [6.07, 6.45) is 1.08. The Morgan fingerprint density at radius 2 is 1.95 bits per heavy atom. The lowest BCUT2D eigenvalue weighted by Gasteiger charge is -2.05. The molecule has 2 rings (SSSR count). The second kappa shape index (κ2) is 5.72. The Balaban J connectivity index is 1.96. The van der Waals surface area contributed by atoms with Crippen LogP contribution in [-0.2, 0) is 24.8 Å². The topological polar surface area (TPSA) is 59.8 Å². The average molecular weight is 284 g/mol. The van der Waals surface area contributed by atoms with E-state index in [2.05, 4.69) is 15.4 Å². The van der Waals surface area contributed by atoms with Crippen molar-refractivity contribution in [2.75, 3.05) is 0 Å². The first kappa shape index (κ1) is 14.0. The van der Waals surface area contributed by atoms with Gasteiger partial charge in [-0.15, -0.1) is 0 Å². The Morgan fingerprint density at radius 3 is 2.60 bits per heavy atom. The van der Waals surface area contributed by atoms with Crippen molar-refractivity contribution in [2.45, 2.75) is 13.0 Å². The van der Waals surface area contributed by atoms with Crippen LogP contribution < -0.4 is 5.32 Å². The molecule has 106 valence electrons. The van der Waals surface area contributed by atoms with E-state index in [-0.39, 0.29) is 12.1 Å². The Morgan fingerprint density at radius 1 is 1.25 bits per heavy atom. The first-order chi connectivity index (χ1) is 9.45. The van der Waals surface area contributed by atoms with Crippen molar-refractivity contribution in [1.82, 2.24) is 20.1 Å². The number of hydrogen-bond donors (Lipinski definition) is 1. The number of amides is 1. The Bertz CT molecular complexity index is 642. The standard InChI is InChI=1S/C12H11F3N4O/c1-19-6-17-11(18-19)5-16-12(20)3-7-2-9(14)10(15)4-8(7)13/h2,4,6H,3,5H2,1H3,(H,16,20). The summed E-state index contributed by atoms with van der Waals surface area (Å²) in [5.41, 5.74) is -0.213. The summed E-state index contributed by atoms with van der Waals surface area (Å²) in [5.74, 6) is -3.59. The molecule has 0 saturated heterocycles. The molecule has 0 aliphatic rings. The monoisotopic (exact) mass is 284 g/mol. The van der Waals surface area contributed by atoms with Gasteiger partial charge in [0, 0.05) is 18.7 Å². The molecule has 8 heteroatoms. The van der Waals surface area contributed by atoms with E-state index in [0.29, 0.717) is 18.0 Å². The van der Waals surface area contributed by atoms with Crippen molar-refractivity contribution in [3.63, 3.8) is 0 Å². The molecule has 0 aliphatic carbocycles. The van der Waals surface area contributed by atoms with Gasteiger partial charge in [0.15, 0.2) is 17.5 Å². The first-order valence-electron chi connectivity index (χ1n) is 5.70. The zero-order chi connectivity index (χ0) is 14.7. The zero-order valence-corrected chi connectivity index (χ0v) is 10.5. The zero-order valence-electron chi connectivity index (χ0n) is 10.5. The predicted molar refractivity (Wildman–Crippen MR) is 62.9 cm³/mol. The Hall–Kier alpha value is -2.38. The van der Waals surface area contributed by atoms with Crippen LogP contribution in [0.4, 0.5) is 13.2 Å². The molecule has 20 heavy (non-hydrogen) atoms. The van der Waals surface area contributed by atoms with E-state index >= 15 is 0 Å². The molecule has 0 radical (unpaired) electrons. The average Bonchev–Trinajstić information content (AvgIpc) is 2.79. The van der Waals surface area contributed by atoms with Crippen LogP contribution in [0.1, 0.15) is 11.4 Å². The molecule has 0 atom stereocenters. The number of carbonyl (C=O) groups is 1. The summed E-state index contributed by atoms with van der Waals surface area (Å²) >= 11 is 0. The highest BCUT2D eigenvalue weighted by Gasteiger charge is 2.13. The SMILES string of the molecule is Cn1cnc(CNC(=O)Cc2cc(F)c(F)cc2F)n1. The van der Waals surface area contributed by atoms with Crippen LogP contribution in [0.2, 0.25) is 0 Å². The van der Waals surface area contributed by atoms with E-state index in [4.69, 9.17) is 0 Å². The fourth-order valence-electron chi connectivity index (χ4n) is 1.58. The maximum Gasteiger partial charge on any atom is 0.224 e. The summed E-state index contributed by atoms with van der Waals surface area (Å²) in [6, 6.07) is 1.08. The maximum atomic E-state index is 13.3. The van der Waals surface area contributed by atoms with Gasteiger partial charge in [0.2, 0.25) is 5.91 Å². The maximum absolute atomic E-state index is 13.3. The number of aromatic nitrogens is 3. The number of nitrogens with zero attached hydrogens (tertiary/aromatic N) is 3. The molecule has 1 amide bonds. The van der Waals surface area contributed by atoms with Gasteiger partial charge in [-0.05, 0) is 6.07 Å².